The van der Waals surface area contributed by atoms with E-state index in [2.05, 4.69) is 15.6 Å². The Labute approximate surface area is 106 Å². The fraction of sp³-hybridized carbons (Fsp3) is 0.417. The molecule has 0 radical (unpaired) electrons. The molecule has 92 valence electrons. The molecule has 0 saturated heterocycles. The summed E-state index contributed by atoms with van der Waals surface area (Å²) in [5.74, 6) is 1.66. The Kier molecular flexibility index (Phi) is 4.50. The molecule has 2 N–H and O–H groups in total. The molecule has 0 bridgehead atoms. The maximum Gasteiger partial charge on any atom is 0.191 e. The molecule has 1 aliphatic heterocycles. The summed E-state index contributed by atoms with van der Waals surface area (Å²) in [7, 11) is 0. The van der Waals surface area contributed by atoms with Crippen molar-refractivity contribution in [3.8, 4) is 5.75 Å². The minimum absolute atomic E-state index is 0.584. The number of rotatable bonds is 4. The zero-order chi connectivity index (χ0) is 11.9. The Balaban J connectivity index is 1.67. The highest BCUT2D eigenvalue weighted by molar-refractivity contribution is 6.30. The molecule has 1 heterocycles. The van der Waals surface area contributed by atoms with Gasteiger partial charge in [0.2, 0.25) is 0 Å². The fourth-order valence-corrected chi connectivity index (χ4v) is 1.73. The molecule has 0 atom stereocenters. The predicted octanol–water partition coefficient (Wildman–Crippen LogP) is 1.66. The molecule has 1 aliphatic rings. The minimum atomic E-state index is 0.584. The van der Waals surface area contributed by atoms with E-state index in [9.17, 15) is 0 Å². The molecule has 0 saturated carbocycles. The van der Waals surface area contributed by atoms with Crippen LogP contribution in [0.15, 0.2) is 29.3 Å². The predicted molar refractivity (Wildman–Crippen MR) is 69.9 cm³/mol. The van der Waals surface area contributed by atoms with Gasteiger partial charge in [0.15, 0.2) is 5.96 Å². The monoisotopic (exact) mass is 253 g/mol. The van der Waals surface area contributed by atoms with Crippen molar-refractivity contribution in [3.63, 3.8) is 0 Å². The first kappa shape index (κ1) is 12.0. The molecule has 0 unspecified atom stereocenters. The highest BCUT2D eigenvalue weighted by Gasteiger charge is 2.02. The van der Waals surface area contributed by atoms with E-state index >= 15 is 0 Å². The summed E-state index contributed by atoms with van der Waals surface area (Å²) >= 11 is 5.85. The van der Waals surface area contributed by atoms with Gasteiger partial charge in [-0.15, -0.1) is 0 Å². The molecular formula is C12H16ClN3O. The van der Waals surface area contributed by atoms with Crippen LogP contribution in [0.3, 0.4) is 0 Å². The Bertz CT molecular complexity index is 395. The standard InChI is InChI=1S/C12H16ClN3O/c13-10-3-1-4-11(9-10)17-8-7-16-12-14-5-2-6-15-12/h1,3-4,9H,2,5-8H2,(H2,14,15,16). The zero-order valence-corrected chi connectivity index (χ0v) is 10.3. The summed E-state index contributed by atoms with van der Waals surface area (Å²) in [6.07, 6.45) is 1.10. The lowest BCUT2D eigenvalue weighted by atomic mass is 10.3. The van der Waals surface area contributed by atoms with E-state index in [0.717, 1.165) is 37.8 Å². The normalized spacial score (nSPS) is 14.8. The Hall–Kier alpha value is -1.42. The average molecular weight is 254 g/mol. The van der Waals surface area contributed by atoms with Crippen molar-refractivity contribution in [3.05, 3.63) is 29.3 Å². The summed E-state index contributed by atoms with van der Waals surface area (Å²) in [6, 6.07) is 7.39. The molecular weight excluding hydrogens is 238 g/mol. The third-order valence-corrected chi connectivity index (χ3v) is 2.59. The van der Waals surface area contributed by atoms with Crippen LogP contribution in [0.1, 0.15) is 6.42 Å². The number of guanidine groups is 1. The number of hydrogen-bond acceptors (Lipinski definition) is 4. The Morgan fingerprint density at radius 2 is 2.41 bits per heavy atom. The van der Waals surface area contributed by atoms with Gasteiger partial charge in [0.1, 0.15) is 12.4 Å². The molecule has 0 fully saturated rings. The van der Waals surface area contributed by atoms with E-state index in [0.29, 0.717) is 11.6 Å². The first-order valence-electron chi connectivity index (χ1n) is 5.75. The highest BCUT2D eigenvalue weighted by Crippen LogP contribution is 2.16. The van der Waals surface area contributed by atoms with Gasteiger partial charge < -0.3 is 15.4 Å². The zero-order valence-electron chi connectivity index (χ0n) is 9.58. The van der Waals surface area contributed by atoms with Gasteiger partial charge in [0, 0.05) is 18.1 Å². The third kappa shape index (κ3) is 4.15. The molecule has 17 heavy (non-hydrogen) atoms. The molecule has 0 aliphatic carbocycles. The number of benzene rings is 1. The quantitative estimate of drug-likeness (QED) is 0.803. The van der Waals surface area contributed by atoms with Crippen molar-refractivity contribution in [2.24, 2.45) is 4.99 Å². The number of nitrogens with zero attached hydrogens (tertiary/aromatic N) is 1. The number of nitrogens with one attached hydrogen (secondary N) is 2. The van der Waals surface area contributed by atoms with Crippen LogP contribution in [-0.2, 0) is 0 Å². The molecule has 1 aromatic rings. The van der Waals surface area contributed by atoms with Crippen molar-refractivity contribution >= 4 is 17.6 Å². The van der Waals surface area contributed by atoms with Crippen LogP contribution in [0.25, 0.3) is 0 Å². The van der Waals surface area contributed by atoms with E-state index in [1.807, 2.05) is 18.2 Å². The average Bonchev–Trinajstić information content (AvgIpc) is 2.36. The summed E-state index contributed by atoms with van der Waals surface area (Å²) in [5.41, 5.74) is 0. The number of hydrogen-bond donors (Lipinski definition) is 2. The van der Waals surface area contributed by atoms with Gasteiger partial charge in [-0.1, -0.05) is 17.7 Å². The third-order valence-electron chi connectivity index (χ3n) is 2.36. The molecule has 0 aromatic heterocycles. The van der Waals surface area contributed by atoms with E-state index in [-0.39, 0.29) is 0 Å². The topological polar surface area (TPSA) is 45.6 Å². The molecule has 4 nitrogen and oxygen atoms in total. The number of ether oxygens (including phenoxy) is 1. The highest BCUT2D eigenvalue weighted by atomic mass is 35.5. The second kappa shape index (κ2) is 6.35. The van der Waals surface area contributed by atoms with Crippen molar-refractivity contribution in [2.75, 3.05) is 26.2 Å². The van der Waals surface area contributed by atoms with Gasteiger partial charge in [-0.25, -0.2) is 0 Å². The second-order valence-corrected chi connectivity index (χ2v) is 4.18. The first-order chi connectivity index (χ1) is 8.34. The minimum Gasteiger partial charge on any atom is -0.492 e. The molecule has 1 aromatic carbocycles. The molecule has 5 heteroatoms. The lowest BCUT2D eigenvalue weighted by Crippen LogP contribution is -2.42. The number of halogens is 1. The summed E-state index contributed by atoms with van der Waals surface area (Å²) in [4.78, 5) is 4.31. The lowest BCUT2D eigenvalue weighted by Gasteiger charge is -2.16. The van der Waals surface area contributed by atoms with Gasteiger partial charge in [-0.05, 0) is 24.6 Å². The van der Waals surface area contributed by atoms with Gasteiger partial charge in [-0.2, -0.15) is 0 Å². The maximum absolute atomic E-state index is 5.85. The van der Waals surface area contributed by atoms with E-state index in [4.69, 9.17) is 16.3 Å². The molecule has 0 amide bonds. The van der Waals surface area contributed by atoms with E-state index < -0.39 is 0 Å². The summed E-state index contributed by atoms with van der Waals surface area (Å²) < 4.78 is 5.55. The van der Waals surface area contributed by atoms with Gasteiger partial charge in [-0.3, -0.25) is 4.99 Å². The molecule has 0 spiro atoms. The Morgan fingerprint density at radius 1 is 1.47 bits per heavy atom. The molecule has 2 rings (SSSR count). The van der Waals surface area contributed by atoms with Gasteiger partial charge >= 0.3 is 0 Å². The second-order valence-electron chi connectivity index (χ2n) is 3.74. The summed E-state index contributed by atoms with van der Waals surface area (Å²) in [5, 5.41) is 7.07. The van der Waals surface area contributed by atoms with Gasteiger partial charge in [0.05, 0.1) is 6.54 Å². The van der Waals surface area contributed by atoms with Crippen LogP contribution in [-0.4, -0.2) is 32.2 Å². The smallest absolute Gasteiger partial charge is 0.191 e. The largest absolute Gasteiger partial charge is 0.492 e. The van der Waals surface area contributed by atoms with E-state index in [1.54, 1.807) is 6.07 Å². The van der Waals surface area contributed by atoms with Crippen molar-refractivity contribution in [1.29, 1.82) is 0 Å². The van der Waals surface area contributed by atoms with Crippen LogP contribution >= 0.6 is 11.6 Å². The van der Waals surface area contributed by atoms with Crippen molar-refractivity contribution in [2.45, 2.75) is 6.42 Å². The van der Waals surface area contributed by atoms with Crippen molar-refractivity contribution in [1.82, 2.24) is 10.6 Å². The van der Waals surface area contributed by atoms with Crippen molar-refractivity contribution < 1.29 is 4.74 Å². The van der Waals surface area contributed by atoms with Gasteiger partial charge in [0.25, 0.3) is 0 Å². The number of aliphatic imine (C=N–C) groups is 1. The SMILES string of the molecule is Clc1cccc(OCCNC2=NCCCN2)c1. The Morgan fingerprint density at radius 3 is 3.18 bits per heavy atom. The van der Waals surface area contributed by atoms with Crippen LogP contribution in [0, 0.1) is 0 Å². The summed E-state index contributed by atoms with van der Waals surface area (Å²) in [6.45, 7) is 3.19. The van der Waals surface area contributed by atoms with Crippen LogP contribution in [0.4, 0.5) is 0 Å². The van der Waals surface area contributed by atoms with Crippen LogP contribution in [0.2, 0.25) is 5.02 Å². The lowest BCUT2D eigenvalue weighted by molar-refractivity contribution is 0.321. The maximum atomic E-state index is 5.85. The van der Waals surface area contributed by atoms with Crippen LogP contribution < -0.4 is 15.4 Å². The van der Waals surface area contributed by atoms with Crippen LogP contribution in [0.5, 0.6) is 5.75 Å². The fourth-order valence-electron chi connectivity index (χ4n) is 1.55. The van der Waals surface area contributed by atoms with E-state index in [1.165, 1.54) is 0 Å². The first-order valence-corrected chi connectivity index (χ1v) is 6.13.